The summed E-state index contributed by atoms with van der Waals surface area (Å²) in [6.45, 7) is 2.69. The van der Waals surface area contributed by atoms with Crippen molar-refractivity contribution in [1.82, 2.24) is 4.72 Å². The Labute approximate surface area is 178 Å². The molecule has 30 heavy (non-hydrogen) atoms. The molecule has 3 rings (SSSR count). The standard InChI is InChI=1S/C23H29N3O3S/c1-2-10-21(18-11-5-3-6-12-18)23(27)25-19-13-9-14-20(17-19)30(28,29)26-22-15-7-4-8-16-24-22/h3,5-6,9,11-14,17,21H,2,4,7-8,10,15-16H2,1H3,(H,24,26)(H,25,27)/t21-/m1/s1. The maximum atomic E-state index is 12.9. The summed E-state index contributed by atoms with van der Waals surface area (Å²) in [5.74, 6) is 0.0858. The van der Waals surface area contributed by atoms with E-state index in [0.717, 1.165) is 37.7 Å². The molecule has 0 radical (unpaired) electrons. The van der Waals surface area contributed by atoms with Crippen LogP contribution in [0, 0.1) is 0 Å². The van der Waals surface area contributed by atoms with Crippen LogP contribution in [0.15, 0.2) is 64.5 Å². The lowest BCUT2D eigenvalue weighted by Gasteiger charge is -2.17. The van der Waals surface area contributed by atoms with Crippen molar-refractivity contribution >= 4 is 27.5 Å². The predicted molar refractivity (Wildman–Crippen MR) is 120 cm³/mol. The van der Waals surface area contributed by atoms with Gasteiger partial charge < -0.3 is 5.32 Å². The first kappa shape index (κ1) is 22.0. The molecule has 6 nitrogen and oxygen atoms in total. The van der Waals surface area contributed by atoms with Crippen molar-refractivity contribution in [2.24, 2.45) is 4.99 Å². The molecule has 1 amide bonds. The molecule has 160 valence electrons. The molecule has 7 heteroatoms. The normalized spacial score (nSPS) is 15.6. The Balaban J connectivity index is 1.75. The van der Waals surface area contributed by atoms with Gasteiger partial charge in [0.05, 0.1) is 10.8 Å². The van der Waals surface area contributed by atoms with Gasteiger partial charge in [-0.2, -0.15) is 0 Å². The van der Waals surface area contributed by atoms with E-state index < -0.39 is 10.0 Å². The van der Waals surface area contributed by atoms with E-state index in [4.69, 9.17) is 0 Å². The van der Waals surface area contributed by atoms with Gasteiger partial charge in [0, 0.05) is 18.7 Å². The van der Waals surface area contributed by atoms with Gasteiger partial charge in [-0.1, -0.05) is 56.2 Å². The number of nitrogens with zero attached hydrogens (tertiary/aromatic N) is 1. The van der Waals surface area contributed by atoms with Gasteiger partial charge in [-0.05, 0) is 43.0 Å². The number of aliphatic imine (C=N–C) groups is 1. The van der Waals surface area contributed by atoms with Crippen LogP contribution >= 0.6 is 0 Å². The summed E-state index contributed by atoms with van der Waals surface area (Å²) >= 11 is 0. The summed E-state index contributed by atoms with van der Waals surface area (Å²) < 4.78 is 28.2. The van der Waals surface area contributed by atoms with E-state index in [1.165, 1.54) is 12.1 Å². The topological polar surface area (TPSA) is 87.6 Å². The number of carbonyl (C=O) groups is 1. The summed E-state index contributed by atoms with van der Waals surface area (Å²) in [5.41, 5.74) is 1.41. The molecule has 0 spiro atoms. The number of hydrogen-bond acceptors (Lipinski definition) is 4. The Bertz CT molecular complexity index is 988. The lowest BCUT2D eigenvalue weighted by atomic mass is 9.93. The van der Waals surface area contributed by atoms with Crippen LogP contribution in [0.3, 0.4) is 0 Å². The second-order valence-corrected chi connectivity index (χ2v) is 9.20. The number of rotatable bonds is 7. The van der Waals surface area contributed by atoms with Gasteiger partial charge >= 0.3 is 0 Å². The summed E-state index contributed by atoms with van der Waals surface area (Å²) in [6.07, 6.45) is 5.17. The van der Waals surface area contributed by atoms with Crippen molar-refractivity contribution < 1.29 is 13.2 Å². The number of anilines is 1. The summed E-state index contributed by atoms with van der Waals surface area (Å²) in [6, 6.07) is 16.0. The van der Waals surface area contributed by atoms with Crippen LogP contribution in [-0.4, -0.2) is 26.7 Å². The molecule has 0 saturated heterocycles. The minimum Gasteiger partial charge on any atom is -0.326 e. The lowest BCUT2D eigenvalue weighted by molar-refractivity contribution is -0.117. The molecule has 2 aromatic rings. The number of carbonyl (C=O) groups excluding carboxylic acids is 1. The van der Waals surface area contributed by atoms with Gasteiger partial charge in [0.15, 0.2) is 0 Å². The van der Waals surface area contributed by atoms with E-state index in [1.807, 2.05) is 37.3 Å². The van der Waals surface area contributed by atoms with Crippen LogP contribution in [0.4, 0.5) is 5.69 Å². The van der Waals surface area contributed by atoms with Crippen LogP contribution in [0.1, 0.15) is 56.9 Å². The molecule has 0 bridgehead atoms. The Kier molecular flexibility index (Phi) is 7.63. The van der Waals surface area contributed by atoms with Gasteiger partial charge in [0.1, 0.15) is 5.84 Å². The SMILES string of the molecule is CCC[C@@H](C(=O)Nc1cccc(S(=O)(=O)NC2=NCCCCC2)c1)c1ccccc1. The van der Waals surface area contributed by atoms with Crippen molar-refractivity contribution in [3.8, 4) is 0 Å². The molecule has 2 aromatic carbocycles. The second kappa shape index (κ2) is 10.4. The third kappa shape index (κ3) is 5.92. The predicted octanol–water partition coefficient (Wildman–Crippen LogP) is 4.46. The highest BCUT2D eigenvalue weighted by Crippen LogP contribution is 2.24. The van der Waals surface area contributed by atoms with E-state index >= 15 is 0 Å². The summed E-state index contributed by atoms with van der Waals surface area (Å²) in [4.78, 5) is 17.4. The van der Waals surface area contributed by atoms with Crippen LogP contribution in [0.25, 0.3) is 0 Å². The van der Waals surface area contributed by atoms with E-state index in [9.17, 15) is 13.2 Å². The second-order valence-electron chi connectivity index (χ2n) is 7.51. The van der Waals surface area contributed by atoms with E-state index in [1.54, 1.807) is 12.1 Å². The van der Waals surface area contributed by atoms with Crippen LogP contribution in [0.2, 0.25) is 0 Å². The molecule has 1 aliphatic heterocycles. The van der Waals surface area contributed by atoms with Gasteiger partial charge in [-0.25, -0.2) is 8.42 Å². The number of amidine groups is 1. The molecule has 0 saturated carbocycles. The van der Waals surface area contributed by atoms with Crippen LogP contribution in [0.5, 0.6) is 0 Å². The fourth-order valence-corrected chi connectivity index (χ4v) is 4.70. The first-order chi connectivity index (χ1) is 14.5. The molecular formula is C23H29N3O3S. The van der Waals surface area contributed by atoms with Crippen LogP contribution in [-0.2, 0) is 14.8 Å². The monoisotopic (exact) mass is 427 g/mol. The average molecular weight is 428 g/mol. The van der Waals surface area contributed by atoms with Crippen molar-refractivity contribution in [2.45, 2.75) is 56.3 Å². The Hall–Kier alpha value is -2.67. The first-order valence-corrected chi connectivity index (χ1v) is 12.0. The lowest BCUT2D eigenvalue weighted by Crippen LogP contribution is -2.30. The number of benzene rings is 2. The zero-order valence-electron chi connectivity index (χ0n) is 17.3. The van der Waals surface area contributed by atoms with Crippen molar-refractivity contribution in [3.63, 3.8) is 0 Å². The largest absolute Gasteiger partial charge is 0.326 e. The van der Waals surface area contributed by atoms with Gasteiger partial charge in [0.2, 0.25) is 5.91 Å². The highest BCUT2D eigenvalue weighted by Gasteiger charge is 2.21. The fraction of sp³-hybridized carbons (Fsp3) is 0.391. The van der Waals surface area contributed by atoms with Gasteiger partial charge in [-0.3, -0.25) is 14.5 Å². The van der Waals surface area contributed by atoms with E-state index in [-0.39, 0.29) is 16.7 Å². The summed E-state index contributed by atoms with van der Waals surface area (Å²) in [7, 11) is -3.75. The molecule has 2 N–H and O–H groups in total. The molecule has 0 fully saturated rings. The highest BCUT2D eigenvalue weighted by molar-refractivity contribution is 7.90. The third-order valence-electron chi connectivity index (χ3n) is 5.13. The van der Waals surface area contributed by atoms with Crippen LogP contribution < -0.4 is 10.0 Å². The molecule has 0 aliphatic carbocycles. The average Bonchev–Trinajstić information content (AvgIpc) is 3.01. The minimum absolute atomic E-state index is 0.110. The number of amides is 1. The van der Waals surface area contributed by atoms with E-state index in [0.29, 0.717) is 24.5 Å². The molecule has 1 heterocycles. The molecule has 0 aromatic heterocycles. The van der Waals surface area contributed by atoms with Gasteiger partial charge in [-0.15, -0.1) is 0 Å². The Morgan fingerprint density at radius 1 is 1.07 bits per heavy atom. The maximum absolute atomic E-state index is 12.9. The fourth-order valence-electron chi connectivity index (χ4n) is 3.56. The number of sulfonamides is 1. The van der Waals surface area contributed by atoms with E-state index in [2.05, 4.69) is 15.0 Å². The zero-order valence-corrected chi connectivity index (χ0v) is 18.1. The number of nitrogens with one attached hydrogen (secondary N) is 2. The summed E-state index contributed by atoms with van der Waals surface area (Å²) in [5, 5.41) is 2.89. The van der Waals surface area contributed by atoms with Crippen molar-refractivity contribution in [2.75, 3.05) is 11.9 Å². The third-order valence-corrected chi connectivity index (χ3v) is 6.51. The van der Waals surface area contributed by atoms with Gasteiger partial charge in [0.25, 0.3) is 10.0 Å². The minimum atomic E-state index is -3.75. The Morgan fingerprint density at radius 2 is 1.87 bits per heavy atom. The quantitative estimate of drug-likeness (QED) is 0.684. The first-order valence-electron chi connectivity index (χ1n) is 10.5. The number of hydrogen-bond donors (Lipinski definition) is 2. The smallest absolute Gasteiger partial charge is 0.262 e. The zero-order chi connectivity index (χ0) is 21.4. The Morgan fingerprint density at radius 3 is 2.63 bits per heavy atom. The molecule has 0 unspecified atom stereocenters. The molecule has 1 atom stereocenters. The molecule has 1 aliphatic rings. The highest BCUT2D eigenvalue weighted by atomic mass is 32.2. The van der Waals surface area contributed by atoms with Crippen molar-refractivity contribution in [3.05, 3.63) is 60.2 Å². The molecular weight excluding hydrogens is 398 g/mol. The maximum Gasteiger partial charge on any atom is 0.262 e. The van der Waals surface area contributed by atoms with Crippen molar-refractivity contribution in [1.29, 1.82) is 0 Å².